The summed E-state index contributed by atoms with van der Waals surface area (Å²) in [4.78, 5) is 0. The van der Waals surface area contributed by atoms with Gasteiger partial charge in [-0.05, 0) is 27.2 Å². The molecule has 0 saturated carbocycles. The van der Waals surface area contributed by atoms with Crippen LogP contribution in [0.25, 0.3) is 0 Å². The minimum atomic E-state index is -0.0493. The van der Waals surface area contributed by atoms with Crippen molar-refractivity contribution < 1.29 is 5.11 Å². The molecule has 0 fully saturated rings. The van der Waals surface area contributed by atoms with Crippen LogP contribution in [0.2, 0.25) is 0 Å². The summed E-state index contributed by atoms with van der Waals surface area (Å²) in [6.07, 6.45) is 0.894. The summed E-state index contributed by atoms with van der Waals surface area (Å²) < 4.78 is 1.86. The molecule has 3 heteroatoms. The van der Waals surface area contributed by atoms with Crippen molar-refractivity contribution in [1.82, 2.24) is 9.78 Å². The third kappa shape index (κ3) is 1.60. The van der Waals surface area contributed by atoms with E-state index in [9.17, 15) is 5.11 Å². The molecule has 1 rings (SSSR count). The highest BCUT2D eigenvalue weighted by Crippen LogP contribution is 2.20. The van der Waals surface area contributed by atoms with Crippen LogP contribution < -0.4 is 0 Å². The van der Waals surface area contributed by atoms with Crippen molar-refractivity contribution in [3.05, 3.63) is 11.8 Å². The molecule has 3 nitrogen and oxygen atoms in total. The van der Waals surface area contributed by atoms with Crippen LogP contribution in [0.15, 0.2) is 6.07 Å². The minimum absolute atomic E-state index is 0.0493. The Morgan fingerprint density at radius 2 is 2.08 bits per heavy atom. The maximum atomic E-state index is 9.20. The van der Waals surface area contributed by atoms with E-state index in [0.717, 1.165) is 12.1 Å². The quantitative estimate of drug-likeness (QED) is 0.695. The summed E-state index contributed by atoms with van der Waals surface area (Å²) in [6.45, 7) is 8.26. The highest BCUT2D eigenvalue weighted by Gasteiger charge is 2.17. The second kappa shape index (κ2) is 2.81. The van der Waals surface area contributed by atoms with Crippen LogP contribution >= 0.6 is 0 Å². The first-order valence-electron chi connectivity index (χ1n) is 4.23. The standard InChI is InChI=1S/C9H16N2O/c1-5-7-6-8(12)10-11(7)9(2,3)4/h6H,5H2,1-4H3,(H,10,12). The van der Waals surface area contributed by atoms with Gasteiger partial charge in [-0.25, -0.2) is 0 Å². The Morgan fingerprint density at radius 1 is 1.50 bits per heavy atom. The van der Waals surface area contributed by atoms with E-state index in [-0.39, 0.29) is 11.4 Å². The van der Waals surface area contributed by atoms with Crippen molar-refractivity contribution in [2.45, 2.75) is 39.7 Å². The van der Waals surface area contributed by atoms with Crippen LogP contribution in [0.3, 0.4) is 0 Å². The first-order chi connectivity index (χ1) is 5.45. The number of hydrogen-bond donors (Lipinski definition) is 1. The second-order valence-corrected chi connectivity index (χ2v) is 3.93. The first kappa shape index (κ1) is 9.10. The molecule has 1 heterocycles. The molecule has 0 unspecified atom stereocenters. The molecule has 0 aliphatic carbocycles. The molecule has 0 amide bonds. The predicted molar refractivity (Wildman–Crippen MR) is 48.3 cm³/mol. The molecule has 0 radical (unpaired) electrons. The third-order valence-corrected chi connectivity index (χ3v) is 1.77. The van der Waals surface area contributed by atoms with Crippen molar-refractivity contribution in [3.8, 4) is 5.88 Å². The smallest absolute Gasteiger partial charge is 0.230 e. The molecule has 12 heavy (non-hydrogen) atoms. The van der Waals surface area contributed by atoms with Gasteiger partial charge in [0.2, 0.25) is 5.88 Å². The van der Waals surface area contributed by atoms with E-state index in [1.165, 1.54) is 0 Å². The lowest BCUT2D eigenvalue weighted by atomic mass is 10.1. The second-order valence-electron chi connectivity index (χ2n) is 3.93. The zero-order chi connectivity index (χ0) is 9.35. The molecular formula is C9H16N2O. The molecule has 1 aromatic rings. The maximum absolute atomic E-state index is 9.20. The summed E-state index contributed by atoms with van der Waals surface area (Å²) in [5.74, 6) is 0.113. The van der Waals surface area contributed by atoms with E-state index in [4.69, 9.17) is 0 Å². The van der Waals surface area contributed by atoms with Gasteiger partial charge >= 0.3 is 0 Å². The van der Waals surface area contributed by atoms with Gasteiger partial charge in [0, 0.05) is 11.8 Å². The van der Waals surface area contributed by atoms with Crippen LogP contribution in [0, 0.1) is 0 Å². The Labute approximate surface area is 73.0 Å². The van der Waals surface area contributed by atoms with Gasteiger partial charge in [0.25, 0.3) is 0 Å². The van der Waals surface area contributed by atoms with Crippen molar-refractivity contribution in [1.29, 1.82) is 0 Å². The van der Waals surface area contributed by atoms with E-state index in [1.54, 1.807) is 6.07 Å². The molecule has 1 aromatic heterocycles. The van der Waals surface area contributed by atoms with Gasteiger partial charge in [0.05, 0.1) is 5.54 Å². The zero-order valence-electron chi connectivity index (χ0n) is 8.13. The van der Waals surface area contributed by atoms with Crippen molar-refractivity contribution in [3.63, 3.8) is 0 Å². The molecule has 0 spiro atoms. The summed E-state index contributed by atoms with van der Waals surface area (Å²) in [5, 5.41) is 13.2. The molecule has 0 saturated heterocycles. The van der Waals surface area contributed by atoms with E-state index in [0.29, 0.717) is 0 Å². The molecule has 0 bridgehead atoms. The van der Waals surface area contributed by atoms with Crippen LogP contribution in [0.4, 0.5) is 0 Å². The molecule has 68 valence electrons. The van der Waals surface area contributed by atoms with Crippen LogP contribution in [0.5, 0.6) is 5.88 Å². The predicted octanol–water partition coefficient (Wildman–Crippen LogP) is 1.91. The lowest BCUT2D eigenvalue weighted by molar-refractivity contribution is 0.329. The Bertz CT molecular complexity index is 271. The van der Waals surface area contributed by atoms with Gasteiger partial charge in [0.15, 0.2) is 0 Å². The van der Waals surface area contributed by atoms with Gasteiger partial charge in [-0.15, -0.1) is 5.10 Å². The fourth-order valence-electron chi connectivity index (χ4n) is 1.24. The Balaban J connectivity index is 3.13. The number of nitrogens with zero attached hydrogens (tertiary/aromatic N) is 2. The topological polar surface area (TPSA) is 38.1 Å². The Hall–Kier alpha value is -0.990. The molecule has 0 aliphatic heterocycles. The lowest BCUT2D eigenvalue weighted by Crippen LogP contribution is -2.24. The van der Waals surface area contributed by atoms with Crippen LogP contribution in [0.1, 0.15) is 33.4 Å². The first-order valence-corrected chi connectivity index (χ1v) is 4.23. The molecule has 0 aromatic carbocycles. The molecular weight excluding hydrogens is 152 g/mol. The number of aryl methyl sites for hydroxylation is 1. The zero-order valence-corrected chi connectivity index (χ0v) is 8.13. The average Bonchev–Trinajstić information content (AvgIpc) is 2.29. The highest BCUT2D eigenvalue weighted by molar-refractivity contribution is 5.15. The number of aromatic hydroxyl groups is 1. The Morgan fingerprint density at radius 3 is 2.42 bits per heavy atom. The highest BCUT2D eigenvalue weighted by atomic mass is 16.3. The molecule has 0 aliphatic rings. The van der Waals surface area contributed by atoms with E-state index < -0.39 is 0 Å². The molecule has 1 N–H and O–H groups in total. The maximum Gasteiger partial charge on any atom is 0.230 e. The summed E-state index contributed by atoms with van der Waals surface area (Å²) >= 11 is 0. The van der Waals surface area contributed by atoms with Crippen LogP contribution in [-0.4, -0.2) is 14.9 Å². The van der Waals surface area contributed by atoms with E-state index >= 15 is 0 Å². The van der Waals surface area contributed by atoms with Crippen molar-refractivity contribution in [2.24, 2.45) is 0 Å². The monoisotopic (exact) mass is 168 g/mol. The van der Waals surface area contributed by atoms with Gasteiger partial charge < -0.3 is 5.11 Å². The fourth-order valence-corrected chi connectivity index (χ4v) is 1.24. The summed E-state index contributed by atoms with van der Waals surface area (Å²) in [6, 6.07) is 1.71. The summed E-state index contributed by atoms with van der Waals surface area (Å²) in [5.41, 5.74) is 1.02. The van der Waals surface area contributed by atoms with Gasteiger partial charge in [0.1, 0.15) is 0 Å². The van der Waals surface area contributed by atoms with Gasteiger partial charge in [-0.3, -0.25) is 4.68 Å². The minimum Gasteiger partial charge on any atom is -0.492 e. The number of aromatic nitrogens is 2. The SMILES string of the molecule is CCc1cc(O)nn1C(C)(C)C. The normalized spacial score (nSPS) is 12.0. The largest absolute Gasteiger partial charge is 0.492 e. The molecule has 0 atom stereocenters. The summed E-state index contributed by atoms with van der Waals surface area (Å²) in [7, 11) is 0. The van der Waals surface area contributed by atoms with E-state index in [1.807, 2.05) is 4.68 Å². The van der Waals surface area contributed by atoms with Crippen molar-refractivity contribution in [2.75, 3.05) is 0 Å². The van der Waals surface area contributed by atoms with Crippen LogP contribution in [-0.2, 0) is 12.0 Å². The lowest BCUT2D eigenvalue weighted by Gasteiger charge is -2.21. The Kier molecular flexibility index (Phi) is 2.13. The van der Waals surface area contributed by atoms with E-state index in [2.05, 4.69) is 32.8 Å². The van der Waals surface area contributed by atoms with Gasteiger partial charge in [-0.2, -0.15) is 0 Å². The van der Waals surface area contributed by atoms with Crippen molar-refractivity contribution >= 4 is 0 Å². The average molecular weight is 168 g/mol. The third-order valence-electron chi connectivity index (χ3n) is 1.77. The van der Waals surface area contributed by atoms with Gasteiger partial charge in [-0.1, -0.05) is 6.92 Å². The fraction of sp³-hybridized carbons (Fsp3) is 0.667. The number of rotatable bonds is 1. The number of hydrogen-bond acceptors (Lipinski definition) is 2.